The molecule has 35 heavy (non-hydrogen) atoms. The van der Waals surface area contributed by atoms with Crippen molar-refractivity contribution < 1.29 is 24.2 Å². The first kappa shape index (κ1) is 25.8. The highest BCUT2D eigenvalue weighted by Crippen LogP contribution is 2.28. The van der Waals surface area contributed by atoms with Crippen molar-refractivity contribution in [2.45, 2.75) is 46.8 Å². The first-order valence-electron chi connectivity index (χ1n) is 11.8. The Morgan fingerprint density at radius 1 is 0.914 bits per heavy atom. The zero-order valence-corrected chi connectivity index (χ0v) is 20.7. The van der Waals surface area contributed by atoms with Crippen LogP contribution in [0.25, 0.3) is 0 Å². The SMILES string of the molecule is Cc1cc(C)cc(C(CC(C)C)NC(=O)c2cc(OCc3ccccc3)ccc2OCC(=O)O)c1. The number of ether oxygens (including phenoxy) is 2. The summed E-state index contributed by atoms with van der Waals surface area (Å²) in [5.41, 5.74) is 4.52. The minimum Gasteiger partial charge on any atom is -0.489 e. The average molecular weight is 476 g/mol. The van der Waals surface area contributed by atoms with E-state index in [2.05, 4.69) is 37.4 Å². The van der Waals surface area contributed by atoms with Gasteiger partial charge in [-0.2, -0.15) is 0 Å². The highest BCUT2D eigenvalue weighted by atomic mass is 16.5. The van der Waals surface area contributed by atoms with E-state index in [9.17, 15) is 9.59 Å². The maximum Gasteiger partial charge on any atom is 0.341 e. The van der Waals surface area contributed by atoms with Crippen LogP contribution in [0.3, 0.4) is 0 Å². The lowest BCUT2D eigenvalue weighted by Crippen LogP contribution is -2.30. The van der Waals surface area contributed by atoms with Gasteiger partial charge in [-0.05, 0) is 55.5 Å². The van der Waals surface area contributed by atoms with Gasteiger partial charge in [0.15, 0.2) is 6.61 Å². The van der Waals surface area contributed by atoms with Crippen molar-refractivity contribution in [2.75, 3.05) is 6.61 Å². The minimum atomic E-state index is -1.12. The molecule has 0 saturated heterocycles. The Hall–Kier alpha value is -3.80. The number of carboxylic acid groups (broad SMARTS) is 1. The summed E-state index contributed by atoms with van der Waals surface area (Å²) in [6.07, 6.45) is 0.754. The zero-order valence-electron chi connectivity index (χ0n) is 20.7. The van der Waals surface area contributed by atoms with Crippen molar-refractivity contribution in [3.8, 4) is 11.5 Å². The fourth-order valence-electron chi connectivity index (χ4n) is 3.98. The molecule has 0 spiro atoms. The van der Waals surface area contributed by atoms with E-state index in [1.54, 1.807) is 18.2 Å². The van der Waals surface area contributed by atoms with Crippen LogP contribution in [0.4, 0.5) is 0 Å². The molecule has 1 amide bonds. The molecular weight excluding hydrogens is 442 g/mol. The van der Waals surface area contributed by atoms with Crippen molar-refractivity contribution >= 4 is 11.9 Å². The number of carbonyl (C=O) groups is 2. The molecule has 0 aromatic heterocycles. The molecule has 0 aliphatic heterocycles. The third-order valence-electron chi connectivity index (χ3n) is 5.45. The number of aryl methyl sites for hydroxylation is 2. The molecular formula is C29H33NO5. The summed E-state index contributed by atoms with van der Waals surface area (Å²) in [4.78, 5) is 24.6. The second kappa shape index (κ2) is 12.1. The van der Waals surface area contributed by atoms with Crippen LogP contribution in [0.5, 0.6) is 11.5 Å². The van der Waals surface area contributed by atoms with Gasteiger partial charge in [-0.3, -0.25) is 4.79 Å². The van der Waals surface area contributed by atoms with Gasteiger partial charge in [0.1, 0.15) is 18.1 Å². The van der Waals surface area contributed by atoms with Crippen LogP contribution >= 0.6 is 0 Å². The first-order chi connectivity index (χ1) is 16.7. The Labute approximate surface area is 206 Å². The van der Waals surface area contributed by atoms with E-state index in [0.29, 0.717) is 18.3 Å². The van der Waals surface area contributed by atoms with Crippen LogP contribution in [0.2, 0.25) is 0 Å². The smallest absolute Gasteiger partial charge is 0.341 e. The van der Waals surface area contributed by atoms with E-state index in [0.717, 1.165) is 28.7 Å². The maximum absolute atomic E-state index is 13.5. The van der Waals surface area contributed by atoms with Gasteiger partial charge >= 0.3 is 5.97 Å². The molecule has 6 heteroatoms. The monoisotopic (exact) mass is 475 g/mol. The quantitative estimate of drug-likeness (QED) is 0.363. The molecule has 0 radical (unpaired) electrons. The summed E-state index contributed by atoms with van der Waals surface area (Å²) in [6.45, 7) is 8.10. The Morgan fingerprint density at radius 3 is 2.23 bits per heavy atom. The van der Waals surface area contributed by atoms with Gasteiger partial charge in [0.05, 0.1) is 11.6 Å². The maximum atomic E-state index is 13.5. The van der Waals surface area contributed by atoms with Gasteiger partial charge in [-0.1, -0.05) is 73.5 Å². The molecule has 0 heterocycles. The summed E-state index contributed by atoms with van der Waals surface area (Å²) in [5, 5.41) is 12.2. The lowest BCUT2D eigenvalue weighted by Gasteiger charge is -2.23. The van der Waals surface area contributed by atoms with Crippen molar-refractivity contribution in [1.29, 1.82) is 0 Å². The predicted octanol–water partition coefficient (Wildman–Crippen LogP) is 5.86. The third kappa shape index (κ3) is 7.88. The second-order valence-corrected chi connectivity index (χ2v) is 9.19. The lowest BCUT2D eigenvalue weighted by atomic mass is 9.94. The number of hydrogen-bond donors (Lipinski definition) is 2. The van der Waals surface area contributed by atoms with Crippen LogP contribution in [-0.2, 0) is 11.4 Å². The summed E-state index contributed by atoms with van der Waals surface area (Å²) in [6, 6.07) is 20.6. The van der Waals surface area contributed by atoms with E-state index in [1.807, 2.05) is 44.2 Å². The van der Waals surface area contributed by atoms with Gasteiger partial charge in [-0.15, -0.1) is 0 Å². The van der Waals surface area contributed by atoms with E-state index >= 15 is 0 Å². The minimum absolute atomic E-state index is 0.195. The Morgan fingerprint density at radius 2 is 1.60 bits per heavy atom. The number of carbonyl (C=O) groups excluding carboxylic acids is 1. The molecule has 3 rings (SSSR count). The van der Waals surface area contributed by atoms with Gasteiger partial charge in [0.25, 0.3) is 5.91 Å². The van der Waals surface area contributed by atoms with E-state index < -0.39 is 12.6 Å². The van der Waals surface area contributed by atoms with Crippen molar-refractivity contribution in [1.82, 2.24) is 5.32 Å². The van der Waals surface area contributed by atoms with Crippen molar-refractivity contribution in [3.63, 3.8) is 0 Å². The fourth-order valence-corrected chi connectivity index (χ4v) is 3.98. The Kier molecular flexibility index (Phi) is 8.90. The highest BCUT2D eigenvalue weighted by molar-refractivity contribution is 5.97. The van der Waals surface area contributed by atoms with Crippen LogP contribution in [0.1, 0.15) is 58.9 Å². The number of rotatable bonds is 11. The molecule has 3 aromatic rings. The van der Waals surface area contributed by atoms with Crippen LogP contribution in [-0.4, -0.2) is 23.6 Å². The number of amides is 1. The Bertz CT molecular complexity index is 1140. The normalized spacial score (nSPS) is 11.7. The number of aliphatic carboxylic acids is 1. The number of nitrogens with one attached hydrogen (secondary N) is 1. The number of hydrogen-bond acceptors (Lipinski definition) is 4. The third-order valence-corrected chi connectivity index (χ3v) is 5.45. The molecule has 2 N–H and O–H groups in total. The number of benzene rings is 3. The molecule has 0 aliphatic carbocycles. The topological polar surface area (TPSA) is 84.9 Å². The molecule has 0 bridgehead atoms. The number of carboxylic acids is 1. The van der Waals surface area contributed by atoms with E-state index in [-0.39, 0.29) is 23.3 Å². The zero-order chi connectivity index (χ0) is 25.4. The highest BCUT2D eigenvalue weighted by Gasteiger charge is 2.21. The van der Waals surface area contributed by atoms with Gasteiger partial charge < -0.3 is 19.9 Å². The lowest BCUT2D eigenvalue weighted by molar-refractivity contribution is -0.139. The van der Waals surface area contributed by atoms with Gasteiger partial charge in [0, 0.05) is 0 Å². The van der Waals surface area contributed by atoms with Gasteiger partial charge in [-0.25, -0.2) is 4.79 Å². The largest absolute Gasteiger partial charge is 0.489 e. The second-order valence-electron chi connectivity index (χ2n) is 9.19. The molecule has 0 saturated carbocycles. The molecule has 6 nitrogen and oxygen atoms in total. The average Bonchev–Trinajstić information content (AvgIpc) is 2.81. The van der Waals surface area contributed by atoms with Crippen molar-refractivity contribution in [3.05, 3.63) is 94.5 Å². The fraction of sp³-hybridized carbons (Fsp3) is 0.310. The summed E-state index contributed by atoms with van der Waals surface area (Å²) in [5.74, 6) is -0.424. The summed E-state index contributed by atoms with van der Waals surface area (Å²) in [7, 11) is 0. The van der Waals surface area contributed by atoms with Crippen LogP contribution in [0.15, 0.2) is 66.7 Å². The standard InChI is InChI=1S/C29H33NO5/c1-19(2)12-26(23-14-20(3)13-21(4)15-23)30-29(33)25-16-24(10-11-27(25)35-18-28(31)32)34-17-22-8-6-5-7-9-22/h5-11,13-16,19,26H,12,17-18H2,1-4H3,(H,30,33)(H,31,32). The summed E-state index contributed by atoms with van der Waals surface area (Å²) >= 11 is 0. The predicted molar refractivity (Wildman–Crippen MR) is 136 cm³/mol. The Balaban J connectivity index is 1.88. The molecule has 1 atom stereocenters. The van der Waals surface area contributed by atoms with Gasteiger partial charge in [0.2, 0.25) is 0 Å². The van der Waals surface area contributed by atoms with E-state index in [1.165, 1.54) is 0 Å². The first-order valence-corrected chi connectivity index (χ1v) is 11.8. The molecule has 184 valence electrons. The van der Waals surface area contributed by atoms with Crippen LogP contribution < -0.4 is 14.8 Å². The summed E-state index contributed by atoms with van der Waals surface area (Å²) < 4.78 is 11.3. The van der Waals surface area contributed by atoms with Crippen molar-refractivity contribution in [2.24, 2.45) is 5.92 Å². The van der Waals surface area contributed by atoms with E-state index in [4.69, 9.17) is 14.6 Å². The molecule has 1 unspecified atom stereocenters. The molecule has 0 fully saturated rings. The molecule has 0 aliphatic rings. The molecule has 3 aromatic carbocycles. The van der Waals surface area contributed by atoms with Crippen LogP contribution in [0, 0.1) is 19.8 Å².